The van der Waals surface area contributed by atoms with E-state index < -0.39 is 21.5 Å². The number of aryl methyl sites for hydroxylation is 1. The molecule has 0 aliphatic carbocycles. The summed E-state index contributed by atoms with van der Waals surface area (Å²) in [6.45, 7) is 7.00. The molecule has 7 heteroatoms. The zero-order valence-electron chi connectivity index (χ0n) is 13.2. The van der Waals surface area contributed by atoms with Gasteiger partial charge in [0.05, 0.1) is 12.0 Å². The van der Waals surface area contributed by atoms with E-state index in [4.69, 9.17) is 4.84 Å². The maximum atomic E-state index is 12.3. The number of hydroxylamine groups is 2. The maximum Gasteiger partial charge on any atom is 0.277 e. The minimum atomic E-state index is -3.68. The van der Waals surface area contributed by atoms with Gasteiger partial charge in [0, 0.05) is 18.2 Å². The topological polar surface area (TPSA) is 75.7 Å². The van der Waals surface area contributed by atoms with Gasteiger partial charge >= 0.3 is 0 Å². The summed E-state index contributed by atoms with van der Waals surface area (Å²) in [5, 5.41) is 1.05. The van der Waals surface area contributed by atoms with E-state index in [-0.39, 0.29) is 10.5 Å². The Morgan fingerprint density at radius 1 is 1.29 bits per heavy atom. The molecule has 1 rings (SSSR count). The van der Waals surface area contributed by atoms with Crippen LogP contribution in [-0.4, -0.2) is 39.1 Å². The molecule has 6 nitrogen and oxygen atoms in total. The third-order valence-corrected chi connectivity index (χ3v) is 4.51. The lowest BCUT2D eigenvalue weighted by atomic mass is 10.1. The quantitative estimate of drug-likeness (QED) is 0.858. The SMILES string of the molecule is CON(C)C(=O)c1cc(S(=O)(=O)NC(C)(C)C)ccc1C. The second-order valence-electron chi connectivity index (χ2n) is 5.82. The van der Waals surface area contributed by atoms with Crippen LogP contribution in [0.15, 0.2) is 23.1 Å². The van der Waals surface area contributed by atoms with Gasteiger partial charge in [0.1, 0.15) is 0 Å². The van der Waals surface area contributed by atoms with Crippen molar-refractivity contribution >= 4 is 15.9 Å². The Balaban J connectivity index is 3.27. The fourth-order valence-electron chi connectivity index (χ4n) is 1.71. The summed E-state index contributed by atoms with van der Waals surface area (Å²) in [5.41, 5.74) is 0.367. The molecular formula is C14H22N2O4S. The number of nitrogens with zero attached hydrogens (tertiary/aromatic N) is 1. The summed E-state index contributed by atoms with van der Waals surface area (Å²) in [6, 6.07) is 4.45. The third-order valence-electron chi connectivity index (χ3n) is 2.75. The van der Waals surface area contributed by atoms with Crippen molar-refractivity contribution in [1.29, 1.82) is 0 Å². The predicted molar refractivity (Wildman–Crippen MR) is 80.4 cm³/mol. The van der Waals surface area contributed by atoms with E-state index in [2.05, 4.69) is 4.72 Å². The molecule has 1 N–H and O–H groups in total. The van der Waals surface area contributed by atoms with E-state index in [9.17, 15) is 13.2 Å². The first-order chi connectivity index (χ1) is 9.48. The molecule has 0 heterocycles. The summed E-state index contributed by atoms with van der Waals surface area (Å²) >= 11 is 0. The van der Waals surface area contributed by atoms with Crippen LogP contribution in [0, 0.1) is 6.92 Å². The van der Waals surface area contributed by atoms with Crippen molar-refractivity contribution in [3.63, 3.8) is 0 Å². The van der Waals surface area contributed by atoms with Crippen LogP contribution in [0.5, 0.6) is 0 Å². The average Bonchev–Trinajstić information content (AvgIpc) is 2.34. The van der Waals surface area contributed by atoms with Crippen LogP contribution in [0.4, 0.5) is 0 Å². The van der Waals surface area contributed by atoms with E-state index in [1.807, 2.05) is 0 Å². The average molecular weight is 314 g/mol. The number of carbonyl (C=O) groups is 1. The second-order valence-corrected chi connectivity index (χ2v) is 7.50. The Kier molecular flexibility index (Phi) is 5.14. The maximum absolute atomic E-state index is 12.3. The molecule has 0 unspecified atom stereocenters. The van der Waals surface area contributed by atoms with E-state index >= 15 is 0 Å². The molecule has 1 amide bonds. The zero-order valence-corrected chi connectivity index (χ0v) is 14.0. The highest BCUT2D eigenvalue weighted by Gasteiger charge is 2.24. The number of amides is 1. The van der Waals surface area contributed by atoms with Crippen molar-refractivity contribution in [3.05, 3.63) is 29.3 Å². The number of nitrogens with one attached hydrogen (secondary N) is 1. The van der Waals surface area contributed by atoms with E-state index in [0.717, 1.165) is 5.06 Å². The van der Waals surface area contributed by atoms with Crippen molar-refractivity contribution < 1.29 is 18.0 Å². The molecule has 0 aromatic heterocycles. The number of carbonyl (C=O) groups excluding carboxylic acids is 1. The molecule has 0 radical (unpaired) electrons. The van der Waals surface area contributed by atoms with E-state index in [1.165, 1.54) is 26.3 Å². The minimum absolute atomic E-state index is 0.0517. The summed E-state index contributed by atoms with van der Waals surface area (Å²) in [4.78, 5) is 17.0. The summed E-state index contributed by atoms with van der Waals surface area (Å²) in [5.74, 6) is -0.400. The van der Waals surface area contributed by atoms with Crippen LogP contribution in [0.25, 0.3) is 0 Å². The Labute approximate surface area is 126 Å². The standard InChI is InChI=1S/C14H22N2O4S/c1-10-7-8-11(21(18,19)15-14(2,3)4)9-12(10)13(17)16(5)20-6/h7-9,15H,1-6H3. The lowest BCUT2D eigenvalue weighted by Gasteiger charge is -2.21. The molecule has 0 aliphatic heterocycles. The number of hydrogen-bond donors (Lipinski definition) is 1. The zero-order chi connectivity index (χ0) is 16.4. The monoisotopic (exact) mass is 314 g/mol. The van der Waals surface area contributed by atoms with Crippen LogP contribution in [0.3, 0.4) is 0 Å². The number of rotatable bonds is 4. The first-order valence-electron chi connectivity index (χ1n) is 6.45. The molecule has 118 valence electrons. The molecule has 0 aliphatic rings. The molecular weight excluding hydrogens is 292 g/mol. The molecule has 21 heavy (non-hydrogen) atoms. The van der Waals surface area contributed by atoms with Crippen LogP contribution in [-0.2, 0) is 14.9 Å². The lowest BCUT2D eigenvalue weighted by molar-refractivity contribution is -0.0757. The predicted octanol–water partition coefficient (Wildman–Crippen LogP) is 1.71. The van der Waals surface area contributed by atoms with Crippen LogP contribution in [0.2, 0.25) is 0 Å². The number of hydrogen-bond acceptors (Lipinski definition) is 4. The number of benzene rings is 1. The molecule has 0 saturated heterocycles. The van der Waals surface area contributed by atoms with Gasteiger partial charge in [0.15, 0.2) is 0 Å². The van der Waals surface area contributed by atoms with Crippen molar-refractivity contribution in [2.75, 3.05) is 14.2 Å². The second kappa shape index (κ2) is 6.13. The largest absolute Gasteiger partial charge is 0.277 e. The van der Waals surface area contributed by atoms with Crippen LogP contribution in [0.1, 0.15) is 36.7 Å². The van der Waals surface area contributed by atoms with Gasteiger partial charge in [-0.25, -0.2) is 18.2 Å². The molecule has 1 aromatic carbocycles. The van der Waals surface area contributed by atoms with Gasteiger partial charge in [0.2, 0.25) is 10.0 Å². The van der Waals surface area contributed by atoms with Crippen LogP contribution < -0.4 is 4.72 Å². The Morgan fingerprint density at radius 3 is 2.33 bits per heavy atom. The molecule has 0 saturated carbocycles. The highest BCUT2D eigenvalue weighted by molar-refractivity contribution is 7.89. The van der Waals surface area contributed by atoms with Gasteiger partial charge in [-0.05, 0) is 45.4 Å². The van der Waals surface area contributed by atoms with Crippen molar-refractivity contribution in [3.8, 4) is 0 Å². The molecule has 0 bridgehead atoms. The van der Waals surface area contributed by atoms with E-state index in [0.29, 0.717) is 5.56 Å². The first-order valence-corrected chi connectivity index (χ1v) is 7.93. The van der Waals surface area contributed by atoms with Crippen molar-refractivity contribution in [2.24, 2.45) is 0 Å². The fraction of sp³-hybridized carbons (Fsp3) is 0.500. The Bertz CT molecular complexity index is 633. The molecule has 0 spiro atoms. The van der Waals surface area contributed by atoms with Gasteiger partial charge in [-0.15, -0.1) is 0 Å². The van der Waals surface area contributed by atoms with Gasteiger partial charge in [-0.3, -0.25) is 9.63 Å². The van der Waals surface area contributed by atoms with Gasteiger partial charge in [-0.1, -0.05) is 6.07 Å². The molecule has 1 aromatic rings. The highest BCUT2D eigenvalue weighted by atomic mass is 32.2. The van der Waals surface area contributed by atoms with Crippen molar-refractivity contribution in [1.82, 2.24) is 9.79 Å². The van der Waals surface area contributed by atoms with Gasteiger partial charge in [0.25, 0.3) is 5.91 Å². The smallest absolute Gasteiger partial charge is 0.274 e. The van der Waals surface area contributed by atoms with Crippen molar-refractivity contribution in [2.45, 2.75) is 38.1 Å². The summed E-state index contributed by atoms with van der Waals surface area (Å²) in [6.07, 6.45) is 0. The molecule has 0 fully saturated rings. The highest BCUT2D eigenvalue weighted by Crippen LogP contribution is 2.18. The fourth-order valence-corrected chi connectivity index (χ4v) is 3.16. The van der Waals surface area contributed by atoms with Gasteiger partial charge in [-0.2, -0.15) is 0 Å². The summed E-state index contributed by atoms with van der Waals surface area (Å²) in [7, 11) is -0.846. The lowest BCUT2D eigenvalue weighted by Crippen LogP contribution is -2.40. The summed E-state index contributed by atoms with van der Waals surface area (Å²) < 4.78 is 27.2. The van der Waals surface area contributed by atoms with E-state index in [1.54, 1.807) is 33.8 Å². The number of sulfonamides is 1. The third kappa shape index (κ3) is 4.52. The van der Waals surface area contributed by atoms with Gasteiger partial charge < -0.3 is 0 Å². The molecule has 0 atom stereocenters. The Morgan fingerprint density at radius 2 is 1.86 bits per heavy atom. The minimum Gasteiger partial charge on any atom is -0.274 e. The normalized spacial score (nSPS) is 12.3. The van der Waals surface area contributed by atoms with Crippen LogP contribution >= 0.6 is 0 Å². The Hall–Kier alpha value is -1.44. The first kappa shape index (κ1) is 17.6.